The predicted molar refractivity (Wildman–Crippen MR) is 64.5 cm³/mol. The molecule has 0 aromatic heterocycles. The molecule has 0 aliphatic heterocycles. The van der Waals surface area contributed by atoms with E-state index < -0.39 is 5.91 Å². The highest BCUT2D eigenvalue weighted by Crippen LogP contribution is 2.17. The van der Waals surface area contributed by atoms with Gasteiger partial charge in [-0.15, -0.1) is 0 Å². The van der Waals surface area contributed by atoms with Crippen molar-refractivity contribution in [3.05, 3.63) is 24.3 Å². The molecule has 1 aromatic carbocycles. The standard InChI is InChI=1S/C12H18N2O2/c1-2-3-7-14-10-5-4-6-11(8-10)16-9-12(13)15/h4-6,8,14H,2-3,7,9H2,1H3,(H2,13,15). The molecule has 0 aliphatic rings. The molecule has 0 atom stereocenters. The largest absolute Gasteiger partial charge is 0.484 e. The lowest BCUT2D eigenvalue weighted by molar-refractivity contribution is -0.119. The van der Waals surface area contributed by atoms with E-state index in [9.17, 15) is 4.79 Å². The van der Waals surface area contributed by atoms with E-state index in [1.165, 1.54) is 0 Å². The summed E-state index contributed by atoms with van der Waals surface area (Å²) in [7, 11) is 0. The van der Waals surface area contributed by atoms with Crippen LogP contribution in [0.2, 0.25) is 0 Å². The minimum atomic E-state index is -0.468. The molecule has 0 fully saturated rings. The number of ether oxygens (including phenoxy) is 1. The molecule has 0 bridgehead atoms. The number of benzene rings is 1. The van der Waals surface area contributed by atoms with Crippen LogP contribution in [-0.2, 0) is 4.79 Å². The van der Waals surface area contributed by atoms with Crippen LogP contribution in [0.3, 0.4) is 0 Å². The van der Waals surface area contributed by atoms with Crippen LogP contribution >= 0.6 is 0 Å². The second kappa shape index (κ2) is 6.71. The Morgan fingerprint density at radius 2 is 2.31 bits per heavy atom. The second-order valence-corrected chi connectivity index (χ2v) is 3.56. The van der Waals surface area contributed by atoms with E-state index in [1.54, 1.807) is 6.07 Å². The Morgan fingerprint density at radius 1 is 1.50 bits per heavy atom. The Morgan fingerprint density at radius 3 is 3.00 bits per heavy atom. The van der Waals surface area contributed by atoms with E-state index in [4.69, 9.17) is 10.5 Å². The van der Waals surface area contributed by atoms with Gasteiger partial charge in [-0.3, -0.25) is 4.79 Å². The smallest absolute Gasteiger partial charge is 0.255 e. The van der Waals surface area contributed by atoms with Gasteiger partial charge in [0.15, 0.2) is 6.61 Å². The van der Waals surface area contributed by atoms with Crippen molar-refractivity contribution in [2.45, 2.75) is 19.8 Å². The van der Waals surface area contributed by atoms with E-state index in [0.717, 1.165) is 25.1 Å². The number of nitrogens with two attached hydrogens (primary N) is 1. The summed E-state index contributed by atoms with van der Waals surface area (Å²) in [6.07, 6.45) is 2.29. The average Bonchev–Trinajstić information content (AvgIpc) is 2.27. The highest BCUT2D eigenvalue weighted by atomic mass is 16.5. The molecule has 0 aliphatic carbocycles. The second-order valence-electron chi connectivity index (χ2n) is 3.56. The van der Waals surface area contributed by atoms with E-state index in [-0.39, 0.29) is 6.61 Å². The summed E-state index contributed by atoms with van der Waals surface area (Å²) in [5, 5.41) is 3.28. The fourth-order valence-corrected chi connectivity index (χ4v) is 1.26. The summed E-state index contributed by atoms with van der Waals surface area (Å²) in [5.74, 6) is 0.185. The Balaban J connectivity index is 2.46. The summed E-state index contributed by atoms with van der Waals surface area (Å²) in [5.41, 5.74) is 5.99. The van der Waals surface area contributed by atoms with Gasteiger partial charge in [-0.25, -0.2) is 0 Å². The summed E-state index contributed by atoms with van der Waals surface area (Å²) in [6.45, 7) is 3.00. The van der Waals surface area contributed by atoms with E-state index >= 15 is 0 Å². The van der Waals surface area contributed by atoms with Crippen LogP contribution in [0.5, 0.6) is 5.75 Å². The summed E-state index contributed by atoms with van der Waals surface area (Å²) >= 11 is 0. The Labute approximate surface area is 95.8 Å². The van der Waals surface area contributed by atoms with E-state index in [2.05, 4.69) is 12.2 Å². The molecular weight excluding hydrogens is 204 g/mol. The monoisotopic (exact) mass is 222 g/mol. The minimum absolute atomic E-state index is 0.0849. The molecule has 0 unspecified atom stereocenters. The number of nitrogens with one attached hydrogen (secondary N) is 1. The number of unbranched alkanes of at least 4 members (excludes halogenated alkanes) is 1. The number of anilines is 1. The third-order valence-electron chi connectivity index (χ3n) is 2.07. The topological polar surface area (TPSA) is 64.3 Å². The van der Waals surface area contributed by atoms with Crippen molar-refractivity contribution < 1.29 is 9.53 Å². The van der Waals surface area contributed by atoms with Crippen molar-refractivity contribution in [2.24, 2.45) is 5.73 Å². The van der Waals surface area contributed by atoms with E-state index in [1.807, 2.05) is 18.2 Å². The molecule has 0 heterocycles. The maximum absolute atomic E-state index is 10.6. The average molecular weight is 222 g/mol. The first-order chi connectivity index (χ1) is 7.72. The quantitative estimate of drug-likeness (QED) is 0.691. The number of amides is 1. The van der Waals surface area contributed by atoms with Crippen LogP contribution in [0.15, 0.2) is 24.3 Å². The number of hydrogen-bond acceptors (Lipinski definition) is 3. The molecule has 4 heteroatoms. The molecule has 16 heavy (non-hydrogen) atoms. The van der Waals surface area contributed by atoms with Crippen LogP contribution in [0.25, 0.3) is 0 Å². The van der Waals surface area contributed by atoms with Crippen molar-refractivity contribution in [3.8, 4) is 5.75 Å². The highest BCUT2D eigenvalue weighted by molar-refractivity contribution is 5.75. The lowest BCUT2D eigenvalue weighted by Gasteiger charge is -2.08. The molecule has 0 spiro atoms. The Bertz CT molecular complexity index is 340. The summed E-state index contributed by atoms with van der Waals surface area (Å²) in [6, 6.07) is 7.50. The van der Waals surface area contributed by atoms with Gasteiger partial charge in [0.1, 0.15) is 5.75 Å². The van der Waals surface area contributed by atoms with Crippen molar-refractivity contribution in [1.29, 1.82) is 0 Å². The third kappa shape index (κ3) is 4.68. The van der Waals surface area contributed by atoms with Crippen LogP contribution in [0, 0.1) is 0 Å². The Kier molecular flexibility index (Phi) is 5.19. The number of rotatable bonds is 7. The van der Waals surface area contributed by atoms with Crippen LogP contribution in [0.1, 0.15) is 19.8 Å². The number of carbonyl (C=O) groups is 1. The lowest BCUT2D eigenvalue weighted by atomic mass is 10.3. The molecule has 1 rings (SSSR count). The first-order valence-corrected chi connectivity index (χ1v) is 5.47. The molecule has 1 aromatic rings. The Hall–Kier alpha value is -1.71. The number of carbonyl (C=O) groups excluding carboxylic acids is 1. The first kappa shape index (κ1) is 12.4. The van der Waals surface area contributed by atoms with Gasteiger partial charge < -0.3 is 15.8 Å². The van der Waals surface area contributed by atoms with Crippen LogP contribution in [-0.4, -0.2) is 19.1 Å². The molecule has 4 nitrogen and oxygen atoms in total. The number of hydrogen-bond donors (Lipinski definition) is 2. The zero-order valence-corrected chi connectivity index (χ0v) is 9.53. The molecule has 0 radical (unpaired) electrons. The van der Waals surface area contributed by atoms with Crippen LogP contribution in [0.4, 0.5) is 5.69 Å². The van der Waals surface area contributed by atoms with Gasteiger partial charge >= 0.3 is 0 Å². The maximum Gasteiger partial charge on any atom is 0.255 e. The maximum atomic E-state index is 10.6. The molecular formula is C12H18N2O2. The van der Waals surface area contributed by atoms with Crippen molar-refractivity contribution in [1.82, 2.24) is 0 Å². The van der Waals surface area contributed by atoms with Crippen LogP contribution < -0.4 is 15.8 Å². The van der Waals surface area contributed by atoms with Gasteiger partial charge in [0, 0.05) is 18.3 Å². The minimum Gasteiger partial charge on any atom is -0.484 e. The molecule has 0 saturated carbocycles. The molecule has 88 valence electrons. The fraction of sp³-hybridized carbons (Fsp3) is 0.417. The van der Waals surface area contributed by atoms with Gasteiger partial charge in [-0.05, 0) is 18.6 Å². The van der Waals surface area contributed by atoms with Gasteiger partial charge in [0.05, 0.1) is 0 Å². The highest BCUT2D eigenvalue weighted by Gasteiger charge is 1.98. The van der Waals surface area contributed by atoms with Gasteiger partial charge in [-0.1, -0.05) is 19.4 Å². The van der Waals surface area contributed by atoms with Gasteiger partial charge in [0.25, 0.3) is 5.91 Å². The van der Waals surface area contributed by atoms with Gasteiger partial charge in [-0.2, -0.15) is 0 Å². The number of primary amides is 1. The predicted octanol–water partition coefficient (Wildman–Crippen LogP) is 1.76. The third-order valence-corrected chi connectivity index (χ3v) is 2.07. The zero-order chi connectivity index (χ0) is 11.8. The van der Waals surface area contributed by atoms with Crippen molar-refractivity contribution >= 4 is 11.6 Å². The van der Waals surface area contributed by atoms with Crippen molar-refractivity contribution in [2.75, 3.05) is 18.5 Å². The summed E-state index contributed by atoms with van der Waals surface area (Å²) in [4.78, 5) is 10.6. The molecule has 0 saturated heterocycles. The normalized spacial score (nSPS) is 9.81. The fourth-order valence-electron chi connectivity index (χ4n) is 1.26. The molecule has 1 amide bonds. The van der Waals surface area contributed by atoms with Gasteiger partial charge in [0.2, 0.25) is 0 Å². The van der Waals surface area contributed by atoms with E-state index in [0.29, 0.717) is 5.75 Å². The van der Waals surface area contributed by atoms with Crippen molar-refractivity contribution in [3.63, 3.8) is 0 Å². The SMILES string of the molecule is CCCCNc1cccc(OCC(N)=O)c1. The lowest BCUT2D eigenvalue weighted by Crippen LogP contribution is -2.20. The first-order valence-electron chi connectivity index (χ1n) is 5.47. The summed E-state index contributed by atoms with van der Waals surface area (Å²) < 4.78 is 5.20. The zero-order valence-electron chi connectivity index (χ0n) is 9.53. The molecule has 3 N–H and O–H groups in total.